The molecule has 2 N–H and O–H groups in total. The second-order valence-corrected chi connectivity index (χ2v) is 6.10. The molecule has 0 amide bonds. The molecule has 0 saturated carbocycles. The van der Waals surface area contributed by atoms with E-state index in [1.54, 1.807) is 0 Å². The Morgan fingerprint density at radius 1 is 1.05 bits per heavy atom. The lowest BCUT2D eigenvalue weighted by Gasteiger charge is -2.13. The topological polar surface area (TPSA) is 26.0 Å². The largest absolute Gasteiger partial charge is 0.327 e. The van der Waals surface area contributed by atoms with E-state index in [4.69, 9.17) is 28.9 Å². The van der Waals surface area contributed by atoms with Gasteiger partial charge in [-0.3, -0.25) is 0 Å². The molecule has 0 spiro atoms. The summed E-state index contributed by atoms with van der Waals surface area (Å²) in [5.74, 6) is 0. The fourth-order valence-electron chi connectivity index (χ4n) is 2.27. The third-order valence-corrected chi connectivity index (χ3v) is 4.02. The van der Waals surface area contributed by atoms with Gasteiger partial charge >= 0.3 is 0 Å². The lowest BCUT2D eigenvalue weighted by atomic mass is 10.0. The van der Waals surface area contributed by atoms with Gasteiger partial charge < -0.3 is 5.73 Å². The van der Waals surface area contributed by atoms with Gasteiger partial charge in [0.25, 0.3) is 0 Å². The van der Waals surface area contributed by atoms with Gasteiger partial charge in [-0.1, -0.05) is 68.7 Å². The van der Waals surface area contributed by atoms with Crippen LogP contribution in [0.25, 0.3) is 0 Å². The van der Waals surface area contributed by atoms with Gasteiger partial charge in [0.15, 0.2) is 0 Å². The van der Waals surface area contributed by atoms with Gasteiger partial charge in [0.05, 0.1) is 0 Å². The molecule has 1 nitrogen and oxygen atoms in total. The number of benzene rings is 1. The first kappa shape index (κ1) is 16.8. The summed E-state index contributed by atoms with van der Waals surface area (Å²) in [5, 5.41) is 1.49. The SMILES string of the molecule is CCCCCCCCC(N)Cc1cc(Cl)ccc1Cl. The molecule has 0 aliphatic heterocycles. The van der Waals surface area contributed by atoms with E-state index < -0.39 is 0 Å². The number of unbranched alkanes of at least 4 members (excludes halogenated alkanes) is 5. The van der Waals surface area contributed by atoms with Crippen LogP contribution in [0.5, 0.6) is 0 Å². The molecule has 0 aliphatic carbocycles. The van der Waals surface area contributed by atoms with Gasteiger partial charge in [-0.2, -0.15) is 0 Å². The van der Waals surface area contributed by atoms with Crippen molar-refractivity contribution in [2.45, 2.75) is 64.3 Å². The van der Waals surface area contributed by atoms with Crippen LogP contribution in [0, 0.1) is 0 Å². The van der Waals surface area contributed by atoms with Crippen molar-refractivity contribution in [3.63, 3.8) is 0 Å². The molecule has 0 fully saturated rings. The quantitative estimate of drug-likeness (QED) is 0.589. The van der Waals surface area contributed by atoms with Crippen molar-refractivity contribution in [1.82, 2.24) is 0 Å². The molecule has 1 rings (SSSR count). The van der Waals surface area contributed by atoms with E-state index in [9.17, 15) is 0 Å². The Morgan fingerprint density at radius 2 is 1.74 bits per heavy atom. The van der Waals surface area contributed by atoms with E-state index in [1.807, 2.05) is 18.2 Å². The fourth-order valence-corrected chi connectivity index (χ4v) is 2.66. The predicted molar refractivity (Wildman–Crippen MR) is 86.1 cm³/mol. The molecule has 0 aliphatic rings. The number of hydrogen-bond donors (Lipinski definition) is 1. The van der Waals surface area contributed by atoms with Gasteiger partial charge in [-0.25, -0.2) is 0 Å². The Balaban J connectivity index is 2.23. The monoisotopic (exact) mass is 301 g/mol. The number of rotatable bonds is 9. The average Bonchev–Trinajstić information content (AvgIpc) is 2.38. The van der Waals surface area contributed by atoms with Crippen molar-refractivity contribution in [3.8, 4) is 0 Å². The van der Waals surface area contributed by atoms with Crippen LogP contribution < -0.4 is 5.73 Å². The second-order valence-electron chi connectivity index (χ2n) is 5.26. The summed E-state index contributed by atoms with van der Waals surface area (Å²) in [5.41, 5.74) is 7.23. The molecular weight excluding hydrogens is 277 g/mol. The molecule has 0 bridgehead atoms. The van der Waals surface area contributed by atoms with Crippen LogP contribution in [0.1, 0.15) is 57.4 Å². The lowest BCUT2D eigenvalue weighted by molar-refractivity contribution is 0.532. The van der Waals surface area contributed by atoms with Crippen LogP contribution in [0.15, 0.2) is 18.2 Å². The zero-order valence-electron chi connectivity index (χ0n) is 11.8. The summed E-state index contributed by atoms with van der Waals surface area (Å²) >= 11 is 12.1. The maximum Gasteiger partial charge on any atom is 0.0439 e. The van der Waals surface area contributed by atoms with Crippen LogP contribution in [-0.2, 0) is 6.42 Å². The molecule has 1 atom stereocenters. The third kappa shape index (κ3) is 7.20. The van der Waals surface area contributed by atoms with Crippen LogP contribution in [0.4, 0.5) is 0 Å². The first-order valence-electron chi connectivity index (χ1n) is 7.33. The molecule has 3 heteroatoms. The molecule has 0 radical (unpaired) electrons. The summed E-state index contributed by atoms with van der Waals surface area (Å²) in [6.07, 6.45) is 9.71. The fraction of sp³-hybridized carbons (Fsp3) is 0.625. The standard InChI is InChI=1S/C16H25Cl2N/c1-2-3-4-5-6-7-8-15(19)12-13-11-14(17)9-10-16(13)18/h9-11,15H,2-8,12,19H2,1H3. The van der Waals surface area contributed by atoms with E-state index >= 15 is 0 Å². The van der Waals surface area contributed by atoms with Crippen molar-refractivity contribution in [2.75, 3.05) is 0 Å². The van der Waals surface area contributed by atoms with Gasteiger partial charge in [-0.15, -0.1) is 0 Å². The molecule has 0 heterocycles. The van der Waals surface area contributed by atoms with E-state index in [-0.39, 0.29) is 6.04 Å². The Bertz CT molecular complexity index is 366. The Kier molecular flexibility index (Phi) is 8.52. The smallest absolute Gasteiger partial charge is 0.0439 e. The summed E-state index contributed by atoms with van der Waals surface area (Å²) in [6, 6.07) is 5.76. The van der Waals surface area contributed by atoms with Gasteiger partial charge in [-0.05, 0) is 36.6 Å². The zero-order valence-corrected chi connectivity index (χ0v) is 13.3. The Labute approximate surface area is 127 Å². The van der Waals surface area contributed by atoms with Gasteiger partial charge in [0.1, 0.15) is 0 Å². The van der Waals surface area contributed by atoms with E-state index in [1.165, 1.54) is 38.5 Å². The lowest BCUT2D eigenvalue weighted by Crippen LogP contribution is -2.22. The van der Waals surface area contributed by atoms with Gasteiger partial charge in [0, 0.05) is 16.1 Å². The maximum atomic E-state index is 6.16. The summed E-state index contributed by atoms with van der Waals surface area (Å²) < 4.78 is 0. The molecule has 0 saturated heterocycles. The van der Waals surface area contributed by atoms with E-state index in [2.05, 4.69) is 6.92 Å². The molecular formula is C16H25Cl2N. The Morgan fingerprint density at radius 3 is 2.47 bits per heavy atom. The second kappa shape index (κ2) is 9.63. The third-order valence-electron chi connectivity index (χ3n) is 3.42. The highest BCUT2D eigenvalue weighted by Gasteiger charge is 2.08. The van der Waals surface area contributed by atoms with E-state index in [0.29, 0.717) is 0 Å². The molecule has 108 valence electrons. The predicted octanol–water partition coefficient (Wildman–Crippen LogP) is 5.61. The molecule has 1 aromatic rings. The first-order valence-corrected chi connectivity index (χ1v) is 8.08. The van der Waals surface area contributed by atoms with Crippen molar-refractivity contribution < 1.29 is 0 Å². The summed E-state index contributed by atoms with van der Waals surface area (Å²) in [6.45, 7) is 2.24. The van der Waals surface area contributed by atoms with Crippen molar-refractivity contribution in [1.29, 1.82) is 0 Å². The minimum atomic E-state index is 0.183. The molecule has 19 heavy (non-hydrogen) atoms. The highest BCUT2D eigenvalue weighted by atomic mass is 35.5. The average molecular weight is 302 g/mol. The van der Waals surface area contributed by atoms with E-state index in [0.717, 1.165) is 28.5 Å². The highest BCUT2D eigenvalue weighted by molar-refractivity contribution is 6.33. The van der Waals surface area contributed by atoms with Crippen molar-refractivity contribution in [3.05, 3.63) is 33.8 Å². The van der Waals surface area contributed by atoms with Gasteiger partial charge in [0.2, 0.25) is 0 Å². The van der Waals surface area contributed by atoms with Crippen LogP contribution >= 0.6 is 23.2 Å². The highest BCUT2D eigenvalue weighted by Crippen LogP contribution is 2.22. The summed E-state index contributed by atoms with van der Waals surface area (Å²) in [4.78, 5) is 0. The number of nitrogens with two attached hydrogens (primary N) is 1. The molecule has 1 unspecified atom stereocenters. The molecule has 1 aromatic carbocycles. The normalized spacial score (nSPS) is 12.6. The minimum Gasteiger partial charge on any atom is -0.327 e. The summed E-state index contributed by atoms with van der Waals surface area (Å²) in [7, 11) is 0. The minimum absolute atomic E-state index is 0.183. The number of hydrogen-bond acceptors (Lipinski definition) is 1. The van der Waals surface area contributed by atoms with Crippen LogP contribution in [0.2, 0.25) is 10.0 Å². The van der Waals surface area contributed by atoms with Crippen molar-refractivity contribution in [2.24, 2.45) is 5.73 Å². The molecule has 0 aromatic heterocycles. The van der Waals surface area contributed by atoms with Crippen LogP contribution in [-0.4, -0.2) is 6.04 Å². The van der Waals surface area contributed by atoms with Crippen molar-refractivity contribution >= 4 is 23.2 Å². The first-order chi connectivity index (χ1) is 9.13. The Hall–Kier alpha value is -0.240. The maximum absolute atomic E-state index is 6.16. The zero-order chi connectivity index (χ0) is 14.1. The van der Waals surface area contributed by atoms with Crippen LogP contribution in [0.3, 0.4) is 0 Å². The number of halogens is 2.